The number of nitrogens with zero attached hydrogens (tertiary/aromatic N) is 3. The van der Waals surface area contributed by atoms with E-state index in [-0.39, 0.29) is 12.0 Å². The van der Waals surface area contributed by atoms with E-state index in [0.29, 0.717) is 5.69 Å². The van der Waals surface area contributed by atoms with E-state index in [1.54, 1.807) is 18.5 Å². The predicted octanol–water partition coefficient (Wildman–Crippen LogP) is 5.06. The fourth-order valence-electron chi connectivity index (χ4n) is 5.91. The number of amides is 1. The molecule has 0 unspecified atom stereocenters. The van der Waals surface area contributed by atoms with Gasteiger partial charge in [-0.2, -0.15) is 0 Å². The summed E-state index contributed by atoms with van der Waals surface area (Å²) in [4.78, 5) is 34.4. The van der Waals surface area contributed by atoms with Crippen LogP contribution < -0.4 is 10.2 Å². The van der Waals surface area contributed by atoms with Crippen molar-refractivity contribution in [2.24, 2.45) is 5.92 Å². The van der Waals surface area contributed by atoms with Crippen molar-refractivity contribution in [3.8, 4) is 0 Å². The molecule has 6 heteroatoms. The zero-order chi connectivity index (χ0) is 25.7. The number of piperazine rings is 1. The molecule has 0 bridgehead atoms. The summed E-state index contributed by atoms with van der Waals surface area (Å²) in [5.41, 5.74) is 3.90. The zero-order valence-electron chi connectivity index (χ0n) is 21.6. The number of para-hydroxylation sites is 1. The lowest BCUT2D eigenvalue weighted by atomic mass is 9.71. The lowest BCUT2D eigenvalue weighted by Gasteiger charge is -2.51. The first-order valence-electron chi connectivity index (χ1n) is 13.4. The summed E-state index contributed by atoms with van der Waals surface area (Å²) in [6, 6.07) is 22.4. The molecule has 0 radical (unpaired) electrons. The number of aromatic nitrogens is 1. The molecular formula is C31H36N4O2. The van der Waals surface area contributed by atoms with Crippen LogP contribution in [0, 0.1) is 5.92 Å². The van der Waals surface area contributed by atoms with Crippen molar-refractivity contribution in [2.75, 3.05) is 36.4 Å². The Labute approximate surface area is 219 Å². The van der Waals surface area contributed by atoms with Gasteiger partial charge < -0.3 is 10.2 Å². The summed E-state index contributed by atoms with van der Waals surface area (Å²) in [5.74, 6) is -0.313. The Hall–Kier alpha value is -3.51. The van der Waals surface area contributed by atoms with Crippen LogP contribution in [0.25, 0.3) is 0 Å². The van der Waals surface area contributed by atoms with Crippen molar-refractivity contribution in [3.05, 3.63) is 90.3 Å². The van der Waals surface area contributed by atoms with Gasteiger partial charge in [0.2, 0.25) is 5.78 Å². The zero-order valence-corrected chi connectivity index (χ0v) is 21.6. The van der Waals surface area contributed by atoms with Crippen molar-refractivity contribution >= 4 is 23.1 Å². The van der Waals surface area contributed by atoms with Gasteiger partial charge in [-0.3, -0.25) is 19.5 Å². The number of Topliss-reactive ketones (excluding diaryl/α,β-unsaturated/α-hetero) is 1. The van der Waals surface area contributed by atoms with E-state index in [1.165, 1.54) is 24.1 Å². The minimum Gasteiger partial charge on any atom is -0.369 e. The maximum atomic E-state index is 12.7. The average molecular weight is 497 g/mol. The normalized spacial score (nSPS) is 22.4. The van der Waals surface area contributed by atoms with Crippen molar-refractivity contribution < 1.29 is 9.59 Å². The lowest BCUT2D eigenvalue weighted by molar-refractivity contribution is -0.134. The first kappa shape index (κ1) is 25.2. The lowest BCUT2D eigenvalue weighted by Crippen LogP contribution is -2.56. The highest BCUT2D eigenvalue weighted by Gasteiger charge is 2.42. The van der Waals surface area contributed by atoms with Crippen molar-refractivity contribution in [3.63, 3.8) is 0 Å². The summed E-state index contributed by atoms with van der Waals surface area (Å²) in [6.45, 7) is 6.36. The van der Waals surface area contributed by atoms with Crippen LogP contribution in [0.4, 0.5) is 11.4 Å². The summed E-state index contributed by atoms with van der Waals surface area (Å²) >= 11 is 0. The van der Waals surface area contributed by atoms with Gasteiger partial charge >= 0.3 is 0 Å². The summed E-state index contributed by atoms with van der Waals surface area (Å²) in [7, 11) is 0. The average Bonchev–Trinajstić information content (AvgIpc) is 2.95. The molecular weight excluding hydrogens is 460 g/mol. The van der Waals surface area contributed by atoms with E-state index in [0.717, 1.165) is 50.5 Å². The van der Waals surface area contributed by atoms with E-state index >= 15 is 0 Å². The molecule has 192 valence electrons. The van der Waals surface area contributed by atoms with Gasteiger partial charge in [0.15, 0.2) is 0 Å². The number of nitrogens with one attached hydrogen (secondary N) is 1. The first-order valence-corrected chi connectivity index (χ1v) is 13.4. The van der Waals surface area contributed by atoms with E-state index in [4.69, 9.17) is 0 Å². The molecule has 2 aromatic carbocycles. The molecule has 1 aliphatic carbocycles. The van der Waals surface area contributed by atoms with E-state index in [9.17, 15) is 9.59 Å². The molecule has 1 saturated heterocycles. The molecule has 1 aromatic heterocycles. The Bertz CT molecular complexity index is 1200. The van der Waals surface area contributed by atoms with Gasteiger partial charge in [0.05, 0.1) is 0 Å². The Balaban J connectivity index is 1.32. The second kappa shape index (κ2) is 11.3. The van der Waals surface area contributed by atoms with Gasteiger partial charge in [0, 0.05) is 61.9 Å². The number of hydrogen-bond donors (Lipinski definition) is 1. The largest absolute Gasteiger partial charge is 0.369 e. The summed E-state index contributed by atoms with van der Waals surface area (Å²) in [6.07, 6.45) is 7.93. The molecule has 2 heterocycles. The molecule has 37 heavy (non-hydrogen) atoms. The molecule has 5 rings (SSSR count). The smallest absolute Gasteiger partial charge is 0.292 e. The molecule has 1 aliphatic heterocycles. The van der Waals surface area contributed by atoms with Crippen LogP contribution in [0.5, 0.6) is 0 Å². The van der Waals surface area contributed by atoms with E-state index < -0.39 is 11.7 Å². The molecule has 6 nitrogen and oxygen atoms in total. The Morgan fingerprint density at radius 3 is 2.41 bits per heavy atom. The Morgan fingerprint density at radius 1 is 0.946 bits per heavy atom. The van der Waals surface area contributed by atoms with Crippen LogP contribution in [0.15, 0.2) is 79.1 Å². The second-order valence-corrected chi connectivity index (χ2v) is 10.5. The van der Waals surface area contributed by atoms with Crippen LogP contribution in [0.1, 0.15) is 43.7 Å². The standard InChI is InChI=1S/C31H36N4O2/c1-24-12-14-31(15-13-24,35-19-17-34(18-20-35)28-10-3-2-4-11-28)26-8-5-9-27(22-26)33-30(37)29(36)21-25-7-6-16-32-23-25/h2-11,16,22-24H,12-15,17-21H2,1H3,(H,33,37). The summed E-state index contributed by atoms with van der Waals surface area (Å²) in [5, 5.41) is 2.86. The highest BCUT2D eigenvalue weighted by molar-refractivity contribution is 6.41. The fourth-order valence-corrected chi connectivity index (χ4v) is 5.91. The predicted molar refractivity (Wildman–Crippen MR) is 148 cm³/mol. The number of benzene rings is 2. The van der Waals surface area contributed by atoms with Gasteiger partial charge in [0.1, 0.15) is 0 Å². The number of pyridine rings is 1. The van der Waals surface area contributed by atoms with Crippen molar-refractivity contribution in [2.45, 2.75) is 44.6 Å². The number of carbonyl (C=O) groups is 2. The van der Waals surface area contributed by atoms with E-state index in [1.807, 2.05) is 18.2 Å². The van der Waals surface area contributed by atoms with Gasteiger partial charge in [-0.05, 0) is 73.1 Å². The summed E-state index contributed by atoms with van der Waals surface area (Å²) < 4.78 is 0. The SMILES string of the molecule is CC1CCC(c2cccc(NC(=O)C(=O)Cc3cccnc3)c2)(N2CCN(c3ccccc3)CC2)CC1. The number of ketones is 1. The van der Waals surface area contributed by atoms with Crippen LogP contribution >= 0.6 is 0 Å². The fraction of sp³-hybridized carbons (Fsp3) is 0.387. The van der Waals surface area contributed by atoms with Gasteiger partial charge in [-0.15, -0.1) is 0 Å². The molecule has 2 fully saturated rings. The molecule has 0 spiro atoms. The van der Waals surface area contributed by atoms with Crippen molar-refractivity contribution in [1.82, 2.24) is 9.88 Å². The van der Waals surface area contributed by atoms with Crippen LogP contribution in [0.2, 0.25) is 0 Å². The van der Waals surface area contributed by atoms with Gasteiger partial charge in [0.25, 0.3) is 5.91 Å². The highest BCUT2D eigenvalue weighted by Crippen LogP contribution is 2.45. The third kappa shape index (κ3) is 5.75. The monoisotopic (exact) mass is 496 g/mol. The van der Waals surface area contributed by atoms with Crippen LogP contribution in [-0.2, 0) is 21.5 Å². The third-order valence-electron chi connectivity index (χ3n) is 8.11. The van der Waals surface area contributed by atoms with Crippen LogP contribution in [-0.4, -0.2) is 47.8 Å². The maximum Gasteiger partial charge on any atom is 0.292 e. The van der Waals surface area contributed by atoms with Gasteiger partial charge in [-0.25, -0.2) is 0 Å². The molecule has 3 aromatic rings. The highest BCUT2D eigenvalue weighted by atomic mass is 16.2. The minimum atomic E-state index is -0.580. The quantitative estimate of drug-likeness (QED) is 0.463. The topological polar surface area (TPSA) is 65.5 Å². The number of hydrogen-bond acceptors (Lipinski definition) is 5. The van der Waals surface area contributed by atoms with Gasteiger partial charge in [-0.1, -0.05) is 43.3 Å². The number of rotatable bonds is 7. The molecule has 1 amide bonds. The second-order valence-electron chi connectivity index (χ2n) is 10.5. The molecule has 1 N–H and O–H groups in total. The van der Waals surface area contributed by atoms with E-state index in [2.05, 4.69) is 69.5 Å². The molecule has 2 aliphatic rings. The molecule has 0 atom stereocenters. The Kier molecular flexibility index (Phi) is 7.65. The maximum absolute atomic E-state index is 12.7. The Morgan fingerprint density at radius 2 is 1.70 bits per heavy atom. The van der Waals surface area contributed by atoms with Crippen LogP contribution in [0.3, 0.4) is 0 Å². The number of carbonyl (C=O) groups excluding carboxylic acids is 2. The first-order chi connectivity index (χ1) is 18.0. The molecule has 1 saturated carbocycles. The van der Waals surface area contributed by atoms with Crippen molar-refractivity contribution in [1.29, 1.82) is 0 Å². The number of anilines is 2. The minimum absolute atomic E-state index is 0.0459. The third-order valence-corrected chi connectivity index (χ3v) is 8.11.